The second kappa shape index (κ2) is 6.45. The lowest BCUT2D eigenvalue weighted by Crippen LogP contribution is -2.23. The molecule has 112 valence electrons. The maximum absolute atomic E-state index is 12.2. The molecule has 1 aromatic carbocycles. The second-order valence-electron chi connectivity index (χ2n) is 4.01. The first kappa shape index (κ1) is 16.4. The van der Waals surface area contributed by atoms with Crippen LogP contribution < -0.4 is 4.72 Å². The normalized spacial score (nSPS) is 11.5. The van der Waals surface area contributed by atoms with Crippen LogP contribution in [0.5, 0.6) is 0 Å². The Kier molecular flexibility index (Phi) is 5.05. The molecular weight excluding hydrogens is 402 g/mol. The van der Waals surface area contributed by atoms with Crippen molar-refractivity contribution in [1.29, 1.82) is 0 Å². The lowest BCUT2D eigenvalue weighted by atomic mass is 10.2. The highest BCUT2D eigenvalue weighted by molar-refractivity contribution is 9.10. The van der Waals surface area contributed by atoms with Gasteiger partial charge in [0.1, 0.15) is 4.90 Å². The maximum Gasteiger partial charge on any atom is 0.335 e. The van der Waals surface area contributed by atoms with Gasteiger partial charge in [-0.15, -0.1) is 11.3 Å². The number of thiophene rings is 1. The first-order chi connectivity index (χ1) is 9.79. The molecule has 0 fully saturated rings. The fourth-order valence-electron chi connectivity index (χ4n) is 1.53. The molecule has 0 aliphatic heterocycles. The minimum atomic E-state index is -3.89. The molecule has 0 amide bonds. The van der Waals surface area contributed by atoms with Crippen LogP contribution in [0.25, 0.3) is 0 Å². The Balaban J connectivity index is 2.26. The third-order valence-electron chi connectivity index (χ3n) is 2.53. The highest BCUT2D eigenvalue weighted by Gasteiger charge is 2.20. The Hall–Kier alpha value is -0.930. The highest BCUT2D eigenvalue weighted by Crippen LogP contribution is 2.24. The topological polar surface area (TPSA) is 83.5 Å². The van der Waals surface area contributed by atoms with Crippen molar-refractivity contribution >= 4 is 54.9 Å². The van der Waals surface area contributed by atoms with E-state index in [0.717, 1.165) is 15.4 Å². The van der Waals surface area contributed by atoms with Gasteiger partial charge >= 0.3 is 5.97 Å². The molecule has 9 heteroatoms. The van der Waals surface area contributed by atoms with Gasteiger partial charge in [-0.1, -0.05) is 11.6 Å². The zero-order valence-corrected chi connectivity index (χ0v) is 14.3. The van der Waals surface area contributed by atoms with Gasteiger partial charge in [-0.2, -0.15) is 0 Å². The third-order valence-corrected chi connectivity index (χ3v) is 6.11. The summed E-state index contributed by atoms with van der Waals surface area (Å²) in [5.41, 5.74) is -0.140. The lowest BCUT2D eigenvalue weighted by Gasteiger charge is -2.08. The number of aromatic carboxylic acids is 1. The lowest BCUT2D eigenvalue weighted by molar-refractivity contribution is 0.0696. The van der Waals surface area contributed by atoms with E-state index < -0.39 is 16.0 Å². The number of nitrogens with one attached hydrogen (secondary N) is 1. The molecule has 2 N–H and O–H groups in total. The minimum Gasteiger partial charge on any atom is -0.478 e. The van der Waals surface area contributed by atoms with E-state index >= 15 is 0 Å². The van der Waals surface area contributed by atoms with E-state index in [0.29, 0.717) is 0 Å². The van der Waals surface area contributed by atoms with Crippen molar-refractivity contribution in [3.8, 4) is 0 Å². The highest BCUT2D eigenvalue weighted by atomic mass is 79.9. The molecular formula is C12H9BrClNO4S2. The van der Waals surface area contributed by atoms with Crippen molar-refractivity contribution < 1.29 is 18.3 Å². The van der Waals surface area contributed by atoms with Crippen molar-refractivity contribution in [2.75, 3.05) is 0 Å². The number of halogens is 2. The van der Waals surface area contributed by atoms with Gasteiger partial charge < -0.3 is 5.11 Å². The van der Waals surface area contributed by atoms with E-state index in [2.05, 4.69) is 20.7 Å². The van der Waals surface area contributed by atoms with Gasteiger partial charge in [-0.05, 0) is 40.2 Å². The van der Waals surface area contributed by atoms with Crippen molar-refractivity contribution in [2.45, 2.75) is 11.4 Å². The van der Waals surface area contributed by atoms with Crippen molar-refractivity contribution in [3.63, 3.8) is 0 Å². The second-order valence-corrected chi connectivity index (χ2v) is 8.06. The van der Waals surface area contributed by atoms with Crippen LogP contribution in [0.4, 0.5) is 0 Å². The smallest absolute Gasteiger partial charge is 0.335 e. The summed E-state index contributed by atoms with van der Waals surface area (Å²) in [7, 11) is -3.89. The van der Waals surface area contributed by atoms with Crippen LogP contribution in [0.3, 0.4) is 0 Å². The number of sulfonamides is 1. The summed E-state index contributed by atoms with van der Waals surface area (Å²) in [4.78, 5) is 11.5. The number of hydrogen-bond donors (Lipinski definition) is 2. The minimum absolute atomic E-state index is 0.0279. The quantitative estimate of drug-likeness (QED) is 0.792. The Bertz CT molecular complexity index is 788. The van der Waals surface area contributed by atoms with Crippen LogP contribution in [0, 0.1) is 0 Å². The van der Waals surface area contributed by atoms with E-state index in [1.165, 1.54) is 23.5 Å². The van der Waals surface area contributed by atoms with Gasteiger partial charge in [0, 0.05) is 21.3 Å². The van der Waals surface area contributed by atoms with E-state index in [4.69, 9.17) is 16.7 Å². The van der Waals surface area contributed by atoms with Gasteiger partial charge in [0.25, 0.3) is 0 Å². The van der Waals surface area contributed by atoms with Gasteiger partial charge in [0.05, 0.1) is 10.6 Å². The number of carboxylic acid groups (broad SMARTS) is 1. The number of benzene rings is 1. The predicted molar refractivity (Wildman–Crippen MR) is 84.5 cm³/mol. The fourth-order valence-corrected chi connectivity index (χ4v) is 4.54. The average molecular weight is 411 g/mol. The predicted octanol–water partition coefficient (Wildman–Crippen LogP) is 3.34. The number of carboxylic acids is 1. The molecule has 1 aromatic heterocycles. The van der Waals surface area contributed by atoms with Crippen LogP contribution >= 0.6 is 38.9 Å². The van der Waals surface area contributed by atoms with Crippen LogP contribution in [-0.2, 0) is 16.6 Å². The van der Waals surface area contributed by atoms with Crippen LogP contribution in [-0.4, -0.2) is 19.5 Å². The Morgan fingerprint density at radius 3 is 2.67 bits per heavy atom. The monoisotopic (exact) mass is 409 g/mol. The van der Waals surface area contributed by atoms with Crippen LogP contribution in [0.15, 0.2) is 39.0 Å². The largest absolute Gasteiger partial charge is 0.478 e. The molecule has 0 aliphatic carbocycles. The molecule has 21 heavy (non-hydrogen) atoms. The Morgan fingerprint density at radius 1 is 1.38 bits per heavy atom. The molecule has 0 bridgehead atoms. The van der Waals surface area contributed by atoms with E-state index in [1.54, 1.807) is 6.07 Å². The van der Waals surface area contributed by atoms with Crippen molar-refractivity contribution in [1.82, 2.24) is 4.72 Å². The fraction of sp³-hybridized carbons (Fsp3) is 0.0833. The summed E-state index contributed by atoms with van der Waals surface area (Å²) in [6.45, 7) is 0.103. The molecule has 1 heterocycles. The Morgan fingerprint density at radius 2 is 2.10 bits per heavy atom. The number of carbonyl (C=O) groups is 1. The SMILES string of the molecule is O=C(O)c1ccc(Cl)c(S(=O)(=O)NCc2cc(Br)cs2)c1. The van der Waals surface area contributed by atoms with Crippen molar-refractivity contribution in [3.05, 3.63) is 49.6 Å². The third kappa shape index (κ3) is 4.04. The molecule has 0 unspecified atom stereocenters. The summed E-state index contributed by atoms with van der Waals surface area (Å²) in [6.07, 6.45) is 0. The summed E-state index contributed by atoms with van der Waals surface area (Å²) < 4.78 is 27.7. The average Bonchev–Trinajstić information content (AvgIpc) is 2.82. The maximum atomic E-state index is 12.2. The van der Waals surface area contributed by atoms with Crippen LogP contribution in [0.1, 0.15) is 15.2 Å². The number of hydrogen-bond acceptors (Lipinski definition) is 4. The van der Waals surface area contributed by atoms with Crippen molar-refractivity contribution in [2.24, 2.45) is 0 Å². The zero-order chi connectivity index (χ0) is 15.6. The molecule has 0 aliphatic rings. The molecule has 0 saturated carbocycles. The standard InChI is InChI=1S/C12H9BrClNO4S2/c13-8-4-9(20-6-8)5-15-21(18,19)11-3-7(12(16)17)1-2-10(11)14/h1-4,6,15H,5H2,(H,16,17). The van der Waals surface area contributed by atoms with Gasteiger partial charge in [-0.3, -0.25) is 0 Å². The Labute approximate surface area is 138 Å². The molecule has 2 rings (SSSR count). The summed E-state index contributed by atoms with van der Waals surface area (Å²) in [5.74, 6) is -1.22. The first-order valence-electron chi connectivity index (χ1n) is 5.55. The molecule has 0 spiro atoms. The van der Waals surface area contributed by atoms with E-state index in [9.17, 15) is 13.2 Å². The molecule has 5 nitrogen and oxygen atoms in total. The van der Waals surface area contributed by atoms with E-state index in [1.807, 2.05) is 5.38 Å². The zero-order valence-electron chi connectivity index (χ0n) is 10.3. The summed E-state index contributed by atoms with van der Waals surface area (Å²) >= 11 is 10.5. The van der Waals surface area contributed by atoms with Gasteiger partial charge in [-0.25, -0.2) is 17.9 Å². The first-order valence-corrected chi connectivity index (χ1v) is 9.08. The molecule has 0 saturated heterocycles. The molecule has 2 aromatic rings. The van der Waals surface area contributed by atoms with Crippen LogP contribution in [0.2, 0.25) is 5.02 Å². The number of rotatable bonds is 5. The summed E-state index contributed by atoms with van der Waals surface area (Å²) in [5, 5.41) is 10.7. The molecule has 0 atom stereocenters. The summed E-state index contributed by atoms with van der Waals surface area (Å²) in [6, 6.07) is 5.33. The van der Waals surface area contributed by atoms with Gasteiger partial charge in [0.2, 0.25) is 10.0 Å². The van der Waals surface area contributed by atoms with E-state index in [-0.39, 0.29) is 22.0 Å². The van der Waals surface area contributed by atoms with Gasteiger partial charge in [0.15, 0.2) is 0 Å². The molecule has 0 radical (unpaired) electrons.